The van der Waals surface area contributed by atoms with E-state index in [1.165, 1.54) is 18.4 Å². The number of carbonyl (C=O) groups is 1. The van der Waals surface area contributed by atoms with Crippen LogP contribution in [0.3, 0.4) is 0 Å². The van der Waals surface area contributed by atoms with Crippen LogP contribution in [0.15, 0.2) is 55.0 Å². The molecule has 0 aliphatic heterocycles. The summed E-state index contributed by atoms with van der Waals surface area (Å²) in [4.78, 5) is 21.5. The molecule has 1 fully saturated rings. The number of amides is 1. The minimum atomic E-state index is -0.182. The fraction of sp³-hybridized carbons (Fsp3) is 0.348. The van der Waals surface area contributed by atoms with Crippen molar-refractivity contribution in [2.45, 2.75) is 38.0 Å². The quantitative estimate of drug-likeness (QED) is 0.695. The number of aromatic nitrogens is 3. The number of methoxy groups -OCH3 is 1. The summed E-state index contributed by atoms with van der Waals surface area (Å²) in [5.74, 6) is 0.215. The second-order valence-electron chi connectivity index (χ2n) is 7.68. The largest absolute Gasteiger partial charge is 0.479 e. The average molecular weight is 390 g/mol. The lowest BCUT2D eigenvalue weighted by molar-refractivity contribution is 0.0937. The standard InChI is InChI=1S/C23H26N4O2/c1-17-14-27(16-25-17)20-11-10-19(26-22(20)29-2)21(28)24-15-23(12-6-7-13-23)18-8-4-3-5-9-18/h3-5,8-11,14,16H,6-7,12-13,15H2,1-2H3,(H,24,28). The Balaban J connectivity index is 1.52. The number of nitrogens with one attached hydrogen (secondary N) is 1. The molecular formula is C23H26N4O2. The molecule has 150 valence electrons. The highest BCUT2D eigenvalue weighted by molar-refractivity contribution is 5.92. The van der Waals surface area contributed by atoms with Crippen LogP contribution in [-0.2, 0) is 5.41 Å². The van der Waals surface area contributed by atoms with Crippen molar-refractivity contribution in [3.05, 3.63) is 71.9 Å². The van der Waals surface area contributed by atoms with E-state index in [1.54, 1.807) is 19.5 Å². The summed E-state index contributed by atoms with van der Waals surface area (Å²) in [5.41, 5.74) is 3.31. The van der Waals surface area contributed by atoms with Gasteiger partial charge in [-0.15, -0.1) is 0 Å². The summed E-state index contributed by atoms with van der Waals surface area (Å²) in [5, 5.41) is 3.12. The van der Waals surface area contributed by atoms with Crippen LogP contribution in [-0.4, -0.2) is 34.1 Å². The van der Waals surface area contributed by atoms with Gasteiger partial charge in [-0.05, 0) is 37.5 Å². The van der Waals surface area contributed by atoms with Crippen molar-refractivity contribution in [3.63, 3.8) is 0 Å². The summed E-state index contributed by atoms with van der Waals surface area (Å²) in [6, 6.07) is 14.1. The van der Waals surface area contributed by atoms with E-state index in [4.69, 9.17) is 4.74 Å². The predicted molar refractivity (Wildman–Crippen MR) is 112 cm³/mol. The topological polar surface area (TPSA) is 69.0 Å². The number of ether oxygens (including phenoxy) is 1. The van der Waals surface area contributed by atoms with Gasteiger partial charge in [0.1, 0.15) is 11.4 Å². The smallest absolute Gasteiger partial charge is 0.270 e. The number of rotatable bonds is 6. The minimum Gasteiger partial charge on any atom is -0.479 e. The van der Waals surface area contributed by atoms with E-state index in [-0.39, 0.29) is 11.3 Å². The lowest BCUT2D eigenvalue weighted by Crippen LogP contribution is -2.39. The molecule has 1 saturated carbocycles. The summed E-state index contributed by atoms with van der Waals surface area (Å²) in [6.07, 6.45) is 8.16. The number of benzene rings is 1. The first-order valence-corrected chi connectivity index (χ1v) is 10.0. The van der Waals surface area contributed by atoms with Crippen LogP contribution in [0.1, 0.15) is 47.4 Å². The Hall–Kier alpha value is -3.15. The number of nitrogens with zero attached hydrogens (tertiary/aromatic N) is 3. The molecule has 1 aliphatic rings. The lowest BCUT2D eigenvalue weighted by Gasteiger charge is -2.30. The van der Waals surface area contributed by atoms with E-state index in [9.17, 15) is 4.79 Å². The summed E-state index contributed by atoms with van der Waals surface area (Å²) < 4.78 is 7.27. The van der Waals surface area contributed by atoms with Gasteiger partial charge in [-0.2, -0.15) is 0 Å². The number of hydrogen-bond donors (Lipinski definition) is 1. The molecule has 2 aromatic heterocycles. The van der Waals surface area contributed by atoms with E-state index in [0.717, 1.165) is 24.2 Å². The van der Waals surface area contributed by atoms with Gasteiger partial charge in [0.05, 0.1) is 19.1 Å². The fourth-order valence-electron chi connectivity index (χ4n) is 4.21. The number of hydrogen-bond acceptors (Lipinski definition) is 4. The number of pyridine rings is 1. The average Bonchev–Trinajstić information content (AvgIpc) is 3.42. The molecule has 0 atom stereocenters. The Bertz CT molecular complexity index is 991. The SMILES string of the molecule is COc1nc(C(=O)NCC2(c3ccccc3)CCCC2)ccc1-n1cnc(C)c1. The zero-order chi connectivity index (χ0) is 20.3. The van der Waals surface area contributed by atoms with Crippen LogP contribution >= 0.6 is 0 Å². The van der Waals surface area contributed by atoms with E-state index < -0.39 is 0 Å². The fourth-order valence-corrected chi connectivity index (χ4v) is 4.21. The highest BCUT2D eigenvalue weighted by Gasteiger charge is 2.35. The van der Waals surface area contributed by atoms with Gasteiger partial charge < -0.3 is 14.6 Å². The summed E-state index contributed by atoms with van der Waals surface area (Å²) in [7, 11) is 1.56. The molecule has 2 heterocycles. The maximum absolute atomic E-state index is 12.8. The van der Waals surface area contributed by atoms with Crippen LogP contribution in [0.2, 0.25) is 0 Å². The van der Waals surface area contributed by atoms with Crippen molar-refractivity contribution in [1.82, 2.24) is 19.9 Å². The lowest BCUT2D eigenvalue weighted by atomic mass is 9.79. The molecule has 4 rings (SSSR count). The van der Waals surface area contributed by atoms with Crippen molar-refractivity contribution in [2.24, 2.45) is 0 Å². The van der Waals surface area contributed by atoms with Gasteiger partial charge in [-0.3, -0.25) is 4.79 Å². The first-order valence-electron chi connectivity index (χ1n) is 10.0. The van der Waals surface area contributed by atoms with Gasteiger partial charge in [-0.1, -0.05) is 43.2 Å². The Kier molecular flexibility index (Phi) is 5.34. The van der Waals surface area contributed by atoms with E-state index in [2.05, 4.69) is 39.6 Å². The van der Waals surface area contributed by atoms with Gasteiger partial charge in [0.2, 0.25) is 5.88 Å². The normalized spacial score (nSPS) is 15.2. The van der Waals surface area contributed by atoms with E-state index in [0.29, 0.717) is 18.1 Å². The predicted octanol–water partition coefficient (Wildman–Crippen LogP) is 3.83. The molecule has 1 N–H and O–H groups in total. The Morgan fingerprint density at radius 2 is 1.93 bits per heavy atom. The van der Waals surface area contributed by atoms with Gasteiger partial charge in [-0.25, -0.2) is 9.97 Å². The Morgan fingerprint density at radius 3 is 2.59 bits per heavy atom. The van der Waals surface area contributed by atoms with Crippen LogP contribution < -0.4 is 10.1 Å². The molecule has 0 unspecified atom stereocenters. The maximum Gasteiger partial charge on any atom is 0.270 e. The van der Waals surface area contributed by atoms with Crippen molar-refractivity contribution in [3.8, 4) is 11.6 Å². The summed E-state index contributed by atoms with van der Waals surface area (Å²) >= 11 is 0. The zero-order valence-corrected chi connectivity index (χ0v) is 16.9. The molecular weight excluding hydrogens is 364 g/mol. The van der Waals surface area contributed by atoms with Crippen molar-refractivity contribution in [1.29, 1.82) is 0 Å². The van der Waals surface area contributed by atoms with Crippen LogP contribution in [0.4, 0.5) is 0 Å². The highest BCUT2D eigenvalue weighted by atomic mass is 16.5. The van der Waals surface area contributed by atoms with Crippen molar-refractivity contribution in [2.75, 3.05) is 13.7 Å². The first kappa shape index (κ1) is 19.2. The molecule has 0 radical (unpaired) electrons. The second-order valence-corrected chi connectivity index (χ2v) is 7.68. The third kappa shape index (κ3) is 3.88. The van der Waals surface area contributed by atoms with Crippen LogP contribution in [0, 0.1) is 6.92 Å². The molecule has 6 heteroatoms. The maximum atomic E-state index is 12.8. The van der Waals surface area contributed by atoms with Gasteiger partial charge in [0.25, 0.3) is 5.91 Å². The Labute approximate surface area is 171 Å². The van der Waals surface area contributed by atoms with Gasteiger partial charge in [0, 0.05) is 18.2 Å². The van der Waals surface area contributed by atoms with Crippen molar-refractivity contribution < 1.29 is 9.53 Å². The third-order valence-corrected chi connectivity index (χ3v) is 5.79. The first-order chi connectivity index (χ1) is 14.1. The number of aryl methyl sites for hydroxylation is 1. The van der Waals surface area contributed by atoms with E-state index >= 15 is 0 Å². The minimum absolute atomic E-state index is 0.00921. The molecule has 1 aromatic carbocycles. The molecule has 0 saturated heterocycles. The Morgan fingerprint density at radius 1 is 1.17 bits per heavy atom. The monoisotopic (exact) mass is 390 g/mol. The highest BCUT2D eigenvalue weighted by Crippen LogP contribution is 2.40. The molecule has 1 amide bonds. The molecule has 6 nitrogen and oxygen atoms in total. The number of carbonyl (C=O) groups excluding carboxylic acids is 1. The molecule has 0 spiro atoms. The van der Waals surface area contributed by atoms with E-state index in [1.807, 2.05) is 29.8 Å². The zero-order valence-electron chi connectivity index (χ0n) is 16.9. The molecule has 29 heavy (non-hydrogen) atoms. The van der Waals surface area contributed by atoms with Crippen molar-refractivity contribution >= 4 is 5.91 Å². The van der Waals surface area contributed by atoms with Gasteiger partial charge >= 0.3 is 0 Å². The number of imidazole rings is 1. The molecule has 0 bridgehead atoms. The van der Waals surface area contributed by atoms with Crippen LogP contribution in [0.25, 0.3) is 5.69 Å². The van der Waals surface area contributed by atoms with Crippen LogP contribution in [0.5, 0.6) is 5.88 Å². The second kappa shape index (κ2) is 8.07. The molecule has 3 aromatic rings. The molecule has 1 aliphatic carbocycles. The summed E-state index contributed by atoms with van der Waals surface area (Å²) in [6.45, 7) is 2.53. The third-order valence-electron chi connectivity index (χ3n) is 5.79. The van der Waals surface area contributed by atoms with Gasteiger partial charge in [0.15, 0.2) is 0 Å².